The number of aromatic nitrogens is 1. The molecule has 2 rings (SSSR count). The molecule has 0 bridgehead atoms. The minimum Gasteiger partial charge on any atom is -0.384 e. The Kier molecular flexibility index (Phi) is 5.67. The summed E-state index contributed by atoms with van der Waals surface area (Å²) in [4.78, 5) is 6.97. The quantitative estimate of drug-likeness (QED) is 0.859. The Bertz CT molecular complexity index is 428. The lowest BCUT2D eigenvalue weighted by Crippen LogP contribution is -2.34. The zero-order valence-electron chi connectivity index (χ0n) is 12.6. The van der Waals surface area contributed by atoms with Crippen LogP contribution in [-0.4, -0.2) is 22.5 Å². The molecule has 1 saturated carbocycles. The highest BCUT2D eigenvalue weighted by Gasteiger charge is 2.23. The lowest BCUT2D eigenvalue weighted by Gasteiger charge is -2.29. The molecule has 0 aliphatic heterocycles. The maximum absolute atomic E-state index is 6.26. The molecular formula is C16H26ClN3. The van der Waals surface area contributed by atoms with Crippen LogP contribution in [0.15, 0.2) is 12.1 Å². The normalized spacial score (nSPS) is 16.4. The molecule has 0 aromatic carbocycles. The highest BCUT2D eigenvalue weighted by atomic mass is 35.5. The summed E-state index contributed by atoms with van der Waals surface area (Å²) >= 11 is 6.26. The van der Waals surface area contributed by atoms with E-state index >= 15 is 0 Å². The maximum atomic E-state index is 6.26. The highest BCUT2D eigenvalue weighted by molar-refractivity contribution is 6.31. The molecule has 1 aromatic heterocycles. The van der Waals surface area contributed by atoms with Crippen LogP contribution in [0.2, 0.25) is 5.02 Å². The van der Waals surface area contributed by atoms with Crippen molar-refractivity contribution in [1.82, 2.24) is 9.88 Å². The number of nitrogens with two attached hydrogens (primary N) is 1. The van der Waals surface area contributed by atoms with Gasteiger partial charge in [-0.05, 0) is 43.9 Å². The van der Waals surface area contributed by atoms with Crippen molar-refractivity contribution in [2.24, 2.45) is 5.92 Å². The van der Waals surface area contributed by atoms with E-state index in [1.54, 1.807) is 6.07 Å². The Balaban J connectivity index is 2.07. The molecule has 0 unspecified atom stereocenters. The lowest BCUT2D eigenvalue weighted by atomic mass is 10.1. The van der Waals surface area contributed by atoms with Gasteiger partial charge in [-0.25, -0.2) is 4.98 Å². The van der Waals surface area contributed by atoms with E-state index in [0.717, 1.165) is 29.7 Å². The molecule has 20 heavy (non-hydrogen) atoms. The van der Waals surface area contributed by atoms with E-state index in [1.807, 2.05) is 6.07 Å². The first kappa shape index (κ1) is 15.6. The molecule has 4 heteroatoms. The second kappa shape index (κ2) is 7.28. The summed E-state index contributed by atoms with van der Waals surface area (Å²) in [6.45, 7) is 6.49. The number of rotatable bonds is 6. The first-order valence-corrected chi connectivity index (χ1v) is 8.09. The smallest absolute Gasteiger partial charge is 0.123 e. The van der Waals surface area contributed by atoms with Gasteiger partial charge >= 0.3 is 0 Å². The fourth-order valence-corrected chi connectivity index (χ4v) is 3.05. The van der Waals surface area contributed by atoms with Gasteiger partial charge in [-0.15, -0.1) is 0 Å². The van der Waals surface area contributed by atoms with Crippen molar-refractivity contribution in [3.63, 3.8) is 0 Å². The van der Waals surface area contributed by atoms with Crippen molar-refractivity contribution >= 4 is 17.4 Å². The fraction of sp³-hybridized carbons (Fsp3) is 0.688. The SMILES string of the molecule is CC(C)CCN(Cc1nc(N)ccc1Cl)C1CCCC1. The number of pyridine rings is 1. The van der Waals surface area contributed by atoms with E-state index in [-0.39, 0.29) is 0 Å². The predicted octanol–water partition coefficient (Wildman–Crippen LogP) is 4.11. The minimum atomic E-state index is 0.555. The Morgan fingerprint density at radius 3 is 2.70 bits per heavy atom. The van der Waals surface area contributed by atoms with E-state index in [0.29, 0.717) is 11.9 Å². The monoisotopic (exact) mass is 295 g/mol. The van der Waals surface area contributed by atoms with Crippen molar-refractivity contribution in [2.45, 2.75) is 58.5 Å². The van der Waals surface area contributed by atoms with Gasteiger partial charge in [-0.2, -0.15) is 0 Å². The molecule has 0 spiro atoms. The second-order valence-corrected chi connectivity index (χ2v) is 6.66. The van der Waals surface area contributed by atoms with Gasteiger partial charge in [0.05, 0.1) is 10.7 Å². The summed E-state index contributed by atoms with van der Waals surface area (Å²) in [6.07, 6.45) is 6.52. The van der Waals surface area contributed by atoms with E-state index in [1.165, 1.54) is 32.1 Å². The highest BCUT2D eigenvalue weighted by Crippen LogP contribution is 2.27. The van der Waals surface area contributed by atoms with Crippen molar-refractivity contribution < 1.29 is 0 Å². The van der Waals surface area contributed by atoms with E-state index < -0.39 is 0 Å². The molecular weight excluding hydrogens is 270 g/mol. The number of anilines is 1. The number of hydrogen-bond donors (Lipinski definition) is 1. The number of halogens is 1. The van der Waals surface area contributed by atoms with Crippen molar-refractivity contribution in [1.29, 1.82) is 0 Å². The molecule has 1 aliphatic carbocycles. The van der Waals surface area contributed by atoms with Crippen LogP contribution in [0.3, 0.4) is 0 Å². The Hall–Kier alpha value is -0.800. The van der Waals surface area contributed by atoms with Gasteiger partial charge in [0.1, 0.15) is 5.82 Å². The molecule has 0 radical (unpaired) electrons. The summed E-state index contributed by atoms with van der Waals surface area (Å²) in [5.41, 5.74) is 6.71. The number of nitrogens with zero attached hydrogens (tertiary/aromatic N) is 2. The summed E-state index contributed by atoms with van der Waals surface area (Å²) in [6, 6.07) is 4.31. The number of nitrogen functional groups attached to an aromatic ring is 1. The Labute approximate surface area is 127 Å². The molecule has 0 saturated heterocycles. The van der Waals surface area contributed by atoms with Crippen LogP contribution < -0.4 is 5.73 Å². The van der Waals surface area contributed by atoms with E-state index in [2.05, 4.69) is 23.7 Å². The maximum Gasteiger partial charge on any atom is 0.123 e. The Morgan fingerprint density at radius 2 is 2.05 bits per heavy atom. The minimum absolute atomic E-state index is 0.555. The van der Waals surface area contributed by atoms with Crippen LogP contribution in [0, 0.1) is 5.92 Å². The third-order valence-electron chi connectivity index (χ3n) is 4.13. The van der Waals surface area contributed by atoms with Crippen molar-refractivity contribution in [2.75, 3.05) is 12.3 Å². The van der Waals surface area contributed by atoms with E-state index in [9.17, 15) is 0 Å². The van der Waals surface area contributed by atoms with Crippen molar-refractivity contribution in [3.05, 3.63) is 22.8 Å². The van der Waals surface area contributed by atoms with Crippen LogP contribution in [0.25, 0.3) is 0 Å². The van der Waals surface area contributed by atoms with Crippen LogP contribution in [0.1, 0.15) is 51.6 Å². The molecule has 2 N–H and O–H groups in total. The molecule has 1 heterocycles. The fourth-order valence-electron chi connectivity index (χ4n) is 2.89. The predicted molar refractivity (Wildman–Crippen MR) is 85.8 cm³/mol. The van der Waals surface area contributed by atoms with Gasteiger partial charge in [0.25, 0.3) is 0 Å². The summed E-state index contributed by atoms with van der Waals surface area (Å²) < 4.78 is 0. The topological polar surface area (TPSA) is 42.2 Å². The average Bonchev–Trinajstić information content (AvgIpc) is 2.92. The molecule has 0 atom stereocenters. The molecule has 1 aliphatic rings. The summed E-state index contributed by atoms with van der Waals surface area (Å²) in [5, 5.41) is 0.728. The molecule has 0 amide bonds. The number of hydrogen-bond acceptors (Lipinski definition) is 3. The van der Waals surface area contributed by atoms with Gasteiger partial charge in [-0.3, -0.25) is 4.90 Å². The third-order valence-corrected chi connectivity index (χ3v) is 4.47. The average molecular weight is 296 g/mol. The zero-order chi connectivity index (χ0) is 14.5. The van der Waals surface area contributed by atoms with Gasteiger partial charge in [0.15, 0.2) is 0 Å². The van der Waals surface area contributed by atoms with Gasteiger partial charge in [0, 0.05) is 12.6 Å². The summed E-state index contributed by atoms with van der Waals surface area (Å²) in [7, 11) is 0. The van der Waals surface area contributed by atoms with Crippen LogP contribution in [0.4, 0.5) is 5.82 Å². The molecule has 1 aromatic rings. The first-order valence-electron chi connectivity index (χ1n) is 7.71. The van der Waals surface area contributed by atoms with Crippen LogP contribution in [0.5, 0.6) is 0 Å². The van der Waals surface area contributed by atoms with Gasteiger partial charge < -0.3 is 5.73 Å². The summed E-state index contributed by atoms with van der Waals surface area (Å²) in [5.74, 6) is 1.28. The van der Waals surface area contributed by atoms with Crippen LogP contribution >= 0.6 is 11.6 Å². The van der Waals surface area contributed by atoms with Gasteiger partial charge in [0.2, 0.25) is 0 Å². The third kappa shape index (κ3) is 4.35. The largest absolute Gasteiger partial charge is 0.384 e. The van der Waals surface area contributed by atoms with Gasteiger partial charge in [-0.1, -0.05) is 38.3 Å². The second-order valence-electron chi connectivity index (χ2n) is 6.26. The van der Waals surface area contributed by atoms with Crippen molar-refractivity contribution in [3.8, 4) is 0 Å². The van der Waals surface area contributed by atoms with E-state index in [4.69, 9.17) is 17.3 Å². The standard InChI is InChI=1S/C16H26ClN3/c1-12(2)9-10-20(13-5-3-4-6-13)11-15-14(17)7-8-16(18)19-15/h7-8,12-13H,3-6,9-11H2,1-2H3,(H2,18,19). The molecule has 112 valence electrons. The molecule has 3 nitrogen and oxygen atoms in total. The lowest BCUT2D eigenvalue weighted by molar-refractivity contribution is 0.177. The Morgan fingerprint density at radius 1 is 1.35 bits per heavy atom. The first-order chi connectivity index (χ1) is 9.56. The van der Waals surface area contributed by atoms with Crippen LogP contribution in [-0.2, 0) is 6.54 Å². The molecule has 1 fully saturated rings. The zero-order valence-corrected chi connectivity index (χ0v) is 13.4.